The molecule has 2 atom stereocenters. The van der Waals surface area contributed by atoms with Crippen LogP contribution in [0.4, 0.5) is 0 Å². The summed E-state index contributed by atoms with van der Waals surface area (Å²) in [6, 6.07) is -0.714. The van der Waals surface area contributed by atoms with Crippen LogP contribution in [0.3, 0.4) is 0 Å². The van der Waals surface area contributed by atoms with E-state index in [1.165, 1.54) is 4.90 Å². The summed E-state index contributed by atoms with van der Waals surface area (Å²) >= 11 is 0. The zero-order valence-electron chi connectivity index (χ0n) is 8.40. The Hall–Kier alpha value is -1.10. The van der Waals surface area contributed by atoms with Gasteiger partial charge in [0.05, 0.1) is 6.10 Å². The van der Waals surface area contributed by atoms with E-state index in [2.05, 4.69) is 0 Å². The molecular formula is C9H15NO4. The molecule has 80 valence electrons. The van der Waals surface area contributed by atoms with Gasteiger partial charge in [-0.3, -0.25) is 4.79 Å². The Labute approximate surface area is 82.6 Å². The van der Waals surface area contributed by atoms with E-state index in [0.717, 1.165) is 0 Å². The van der Waals surface area contributed by atoms with Crippen molar-refractivity contribution >= 4 is 11.9 Å². The molecule has 1 rings (SSSR count). The molecule has 5 nitrogen and oxygen atoms in total. The lowest BCUT2D eigenvalue weighted by molar-refractivity contribution is -0.161. The van der Waals surface area contributed by atoms with Crippen molar-refractivity contribution in [3.8, 4) is 0 Å². The Morgan fingerprint density at radius 1 is 1.79 bits per heavy atom. The smallest absolute Gasteiger partial charge is 0.326 e. The second kappa shape index (κ2) is 4.41. The Morgan fingerprint density at radius 3 is 2.93 bits per heavy atom. The first-order valence-corrected chi connectivity index (χ1v) is 4.70. The minimum atomic E-state index is -0.949. The number of hydrogen-bond donors (Lipinski definition) is 1. The van der Waals surface area contributed by atoms with Crippen LogP contribution in [0.1, 0.15) is 20.3 Å². The molecule has 1 saturated heterocycles. The van der Waals surface area contributed by atoms with Gasteiger partial charge in [-0.15, -0.1) is 0 Å². The maximum atomic E-state index is 11.4. The van der Waals surface area contributed by atoms with E-state index in [0.29, 0.717) is 13.0 Å². The van der Waals surface area contributed by atoms with Gasteiger partial charge >= 0.3 is 5.97 Å². The molecule has 1 fully saturated rings. The molecule has 14 heavy (non-hydrogen) atoms. The van der Waals surface area contributed by atoms with Gasteiger partial charge in [0, 0.05) is 6.54 Å². The van der Waals surface area contributed by atoms with Gasteiger partial charge in [0.15, 0.2) is 0 Å². The van der Waals surface area contributed by atoms with Gasteiger partial charge in [0.1, 0.15) is 12.6 Å². The standard InChI is InChI=1S/C9H15NO4/c1-3-7(9(12)13)10-4-6(2)14-5-8(10)11/h6-7H,3-5H2,1-2H3,(H,12,13)/t6-,7?/m0/s1. The van der Waals surface area contributed by atoms with Crippen LogP contribution in [-0.2, 0) is 14.3 Å². The van der Waals surface area contributed by atoms with Crippen LogP contribution >= 0.6 is 0 Å². The van der Waals surface area contributed by atoms with Crippen molar-refractivity contribution in [2.24, 2.45) is 0 Å². The van der Waals surface area contributed by atoms with Gasteiger partial charge in [0.25, 0.3) is 0 Å². The van der Waals surface area contributed by atoms with Crippen LogP contribution in [-0.4, -0.2) is 47.2 Å². The number of carbonyl (C=O) groups excluding carboxylic acids is 1. The van der Waals surface area contributed by atoms with E-state index < -0.39 is 12.0 Å². The Balaban J connectivity index is 2.71. The maximum Gasteiger partial charge on any atom is 0.326 e. The van der Waals surface area contributed by atoms with Crippen LogP contribution in [0.2, 0.25) is 0 Å². The number of carboxylic acid groups (broad SMARTS) is 1. The van der Waals surface area contributed by atoms with Crippen LogP contribution in [0.5, 0.6) is 0 Å². The van der Waals surface area contributed by atoms with Gasteiger partial charge < -0.3 is 14.7 Å². The largest absolute Gasteiger partial charge is 0.480 e. The third-order valence-electron chi connectivity index (χ3n) is 2.31. The number of amides is 1. The first-order chi connectivity index (χ1) is 6.56. The molecule has 1 N–H and O–H groups in total. The minimum absolute atomic E-state index is 0.00898. The molecule has 1 unspecified atom stereocenters. The van der Waals surface area contributed by atoms with Crippen molar-refractivity contribution < 1.29 is 19.4 Å². The Morgan fingerprint density at radius 2 is 2.43 bits per heavy atom. The van der Waals surface area contributed by atoms with Crippen LogP contribution in [0.15, 0.2) is 0 Å². The van der Waals surface area contributed by atoms with E-state index in [9.17, 15) is 9.59 Å². The van der Waals surface area contributed by atoms with Crippen LogP contribution in [0.25, 0.3) is 0 Å². The molecule has 1 aliphatic rings. The molecule has 0 aromatic heterocycles. The third-order valence-corrected chi connectivity index (χ3v) is 2.31. The second-order valence-electron chi connectivity index (χ2n) is 3.43. The summed E-state index contributed by atoms with van der Waals surface area (Å²) in [6.45, 7) is 3.94. The van der Waals surface area contributed by atoms with Crippen molar-refractivity contribution in [3.63, 3.8) is 0 Å². The summed E-state index contributed by atoms with van der Waals surface area (Å²) in [5.74, 6) is -1.19. The van der Waals surface area contributed by atoms with Crippen molar-refractivity contribution in [1.29, 1.82) is 0 Å². The third kappa shape index (κ3) is 2.23. The molecule has 1 amide bonds. The van der Waals surface area contributed by atoms with Crippen molar-refractivity contribution in [3.05, 3.63) is 0 Å². The predicted molar refractivity (Wildman–Crippen MR) is 48.8 cm³/mol. The molecule has 0 aromatic rings. The molecule has 0 radical (unpaired) electrons. The van der Waals surface area contributed by atoms with Crippen molar-refractivity contribution in [2.75, 3.05) is 13.2 Å². The van der Waals surface area contributed by atoms with Crippen LogP contribution in [0, 0.1) is 0 Å². The fourth-order valence-corrected chi connectivity index (χ4v) is 1.56. The van der Waals surface area contributed by atoms with E-state index >= 15 is 0 Å². The lowest BCUT2D eigenvalue weighted by Crippen LogP contribution is -2.53. The van der Waals surface area contributed by atoms with Crippen molar-refractivity contribution in [1.82, 2.24) is 4.90 Å². The van der Waals surface area contributed by atoms with Gasteiger partial charge in [0.2, 0.25) is 5.91 Å². The summed E-state index contributed by atoms with van der Waals surface area (Å²) in [7, 11) is 0. The average molecular weight is 201 g/mol. The number of carbonyl (C=O) groups is 2. The Bertz CT molecular complexity index is 241. The Kier molecular flexibility index (Phi) is 3.46. The average Bonchev–Trinajstić information content (AvgIpc) is 2.11. The summed E-state index contributed by atoms with van der Waals surface area (Å²) < 4.78 is 5.11. The summed E-state index contributed by atoms with van der Waals surface area (Å²) in [6.07, 6.45) is 0.342. The number of nitrogens with zero attached hydrogens (tertiary/aromatic N) is 1. The maximum absolute atomic E-state index is 11.4. The van der Waals surface area contributed by atoms with E-state index in [1.807, 2.05) is 6.92 Å². The van der Waals surface area contributed by atoms with Crippen LogP contribution < -0.4 is 0 Å². The highest BCUT2D eigenvalue weighted by Gasteiger charge is 2.32. The monoisotopic (exact) mass is 201 g/mol. The quantitative estimate of drug-likeness (QED) is 0.703. The zero-order chi connectivity index (χ0) is 10.7. The molecule has 0 bridgehead atoms. The van der Waals surface area contributed by atoms with Crippen molar-refractivity contribution in [2.45, 2.75) is 32.4 Å². The number of morpholine rings is 1. The molecule has 1 aliphatic heterocycles. The van der Waals surface area contributed by atoms with Gasteiger partial charge in [-0.2, -0.15) is 0 Å². The van der Waals surface area contributed by atoms with E-state index in [-0.39, 0.29) is 18.6 Å². The molecule has 0 saturated carbocycles. The molecule has 1 heterocycles. The van der Waals surface area contributed by atoms with E-state index in [1.54, 1.807) is 6.92 Å². The highest BCUT2D eigenvalue weighted by Crippen LogP contribution is 2.12. The summed E-state index contributed by atoms with van der Waals surface area (Å²) in [4.78, 5) is 23.6. The second-order valence-corrected chi connectivity index (χ2v) is 3.43. The SMILES string of the molecule is CCC(C(=O)O)N1C[C@H](C)OCC1=O. The normalized spacial score (nSPS) is 24.9. The lowest BCUT2D eigenvalue weighted by atomic mass is 10.1. The molecule has 0 aromatic carbocycles. The number of carboxylic acids is 1. The summed E-state index contributed by atoms with van der Waals surface area (Å²) in [5.41, 5.74) is 0. The van der Waals surface area contributed by atoms with Gasteiger partial charge in [-0.1, -0.05) is 6.92 Å². The van der Waals surface area contributed by atoms with Gasteiger partial charge in [-0.05, 0) is 13.3 Å². The minimum Gasteiger partial charge on any atom is -0.480 e. The molecule has 0 aliphatic carbocycles. The fourth-order valence-electron chi connectivity index (χ4n) is 1.56. The predicted octanol–water partition coefficient (Wildman–Crippen LogP) is 0.0969. The molecule has 0 spiro atoms. The van der Waals surface area contributed by atoms with E-state index in [4.69, 9.17) is 9.84 Å². The number of hydrogen-bond acceptors (Lipinski definition) is 3. The lowest BCUT2D eigenvalue weighted by Gasteiger charge is -2.34. The van der Waals surface area contributed by atoms with Gasteiger partial charge in [-0.25, -0.2) is 4.79 Å². The fraction of sp³-hybridized carbons (Fsp3) is 0.778. The topological polar surface area (TPSA) is 66.8 Å². The first-order valence-electron chi connectivity index (χ1n) is 4.70. The number of rotatable bonds is 3. The number of ether oxygens (including phenoxy) is 1. The number of aliphatic carboxylic acids is 1. The highest BCUT2D eigenvalue weighted by atomic mass is 16.5. The molecular weight excluding hydrogens is 186 g/mol. The highest BCUT2D eigenvalue weighted by molar-refractivity contribution is 5.84. The molecule has 5 heteroatoms. The summed E-state index contributed by atoms with van der Waals surface area (Å²) in [5, 5.41) is 8.89. The first kappa shape index (κ1) is 11.0. The zero-order valence-corrected chi connectivity index (χ0v) is 8.40.